The zero-order valence-electron chi connectivity index (χ0n) is 18.5. The third-order valence-corrected chi connectivity index (χ3v) is 6.26. The highest BCUT2D eigenvalue weighted by Crippen LogP contribution is 2.34. The maximum atomic E-state index is 13.1. The van der Waals surface area contributed by atoms with Crippen LogP contribution in [0.1, 0.15) is 35.2 Å². The Morgan fingerprint density at radius 3 is 2.38 bits per heavy atom. The van der Waals surface area contributed by atoms with E-state index in [9.17, 15) is 9.59 Å². The number of aromatic nitrogens is 4. The van der Waals surface area contributed by atoms with Crippen molar-refractivity contribution in [2.75, 3.05) is 18.0 Å². The molecule has 0 atom stereocenters. The van der Waals surface area contributed by atoms with Crippen molar-refractivity contribution >= 4 is 28.6 Å². The van der Waals surface area contributed by atoms with Gasteiger partial charge in [-0.25, -0.2) is 9.48 Å². The third-order valence-electron chi connectivity index (χ3n) is 6.26. The molecule has 1 aliphatic rings. The molecule has 1 saturated heterocycles. The van der Waals surface area contributed by atoms with Gasteiger partial charge in [-0.3, -0.25) is 14.9 Å². The van der Waals surface area contributed by atoms with Crippen LogP contribution in [0.3, 0.4) is 0 Å². The average Bonchev–Trinajstić information content (AvgIpc) is 3.47. The van der Waals surface area contributed by atoms with Gasteiger partial charge in [-0.05, 0) is 69.0 Å². The molecule has 32 heavy (non-hydrogen) atoms. The number of nitrogens with zero attached hydrogens (tertiary/aromatic N) is 3. The standard InChI is InChI=1S/C24H26N6O2/c1-14-6-7-17(10-15(14)2)30-23(31)18(16(3)28-30)13-25-21-11-19-20(27-24(32)26-19)12-22(21)29-8-4-5-9-29/h6-7,10-13,28H,4-5,8-9H2,1-3H3,(H2,26,27,32). The number of aliphatic imine (C=N–C) groups is 1. The fraction of sp³-hybridized carbons (Fsp3) is 0.292. The lowest BCUT2D eigenvalue weighted by Crippen LogP contribution is -2.18. The minimum Gasteiger partial charge on any atom is -0.370 e. The van der Waals surface area contributed by atoms with E-state index in [2.05, 4.69) is 20.0 Å². The Morgan fingerprint density at radius 2 is 1.66 bits per heavy atom. The lowest BCUT2D eigenvalue weighted by Gasteiger charge is -2.19. The molecule has 0 amide bonds. The highest BCUT2D eigenvalue weighted by atomic mass is 16.1. The van der Waals surface area contributed by atoms with Crippen LogP contribution in [0.15, 0.2) is 44.9 Å². The summed E-state index contributed by atoms with van der Waals surface area (Å²) in [6.45, 7) is 7.85. The highest BCUT2D eigenvalue weighted by Gasteiger charge is 2.18. The van der Waals surface area contributed by atoms with Crippen molar-refractivity contribution in [1.29, 1.82) is 0 Å². The van der Waals surface area contributed by atoms with Gasteiger partial charge in [0.1, 0.15) is 0 Å². The SMILES string of the molecule is Cc1ccc(-n2[nH]c(C)c(C=Nc3cc4[nH]c(=O)[nH]c4cc3N3CCCC3)c2=O)cc1C. The molecular formula is C24H26N6O2. The van der Waals surface area contributed by atoms with Crippen molar-refractivity contribution in [3.63, 3.8) is 0 Å². The Bertz CT molecular complexity index is 1460. The number of benzene rings is 2. The van der Waals surface area contributed by atoms with Crippen LogP contribution in [-0.2, 0) is 0 Å². The molecule has 1 fully saturated rings. The minimum absolute atomic E-state index is 0.145. The number of anilines is 1. The summed E-state index contributed by atoms with van der Waals surface area (Å²) in [4.78, 5) is 37.5. The summed E-state index contributed by atoms with van der Waals surface area (Å²) < 4.78 is 1.55. The lowest BCUT2D eigenvalue weighted by molar-refractivity contribution is 0.833. The van der Waals surface area contributed by atoms with E-state index in [0.29, 0.717) is 11.1 Å². The first-order chi connectivity index (χ1) is 15.4. The number of nitrogens with one attached hydrogen (secondary N) is 3. The van der Waals surface area contributed by atoms with Crippen molar-refractivity contribution in [2.45, 2.75) is 33.6 Å². The predicted molar refractivity (Wildman–Crippen MR) is 128 cm³/mol. The van der Waals surface area contributed by atoms with Crippen LogP contribution < -0.4 is 16.1 Å². The van der Waals surface area contributed by atoms with E-state index < -0.39 is 0 Å². The molecule has 0 aliphatic carbocycles. The average molecular weight is 431 g/mol. The molecule has 3 heterocycles. The van der Waals surface area contributed by atoms with Crippen molar-refractivity contribution in [3.8, 4) is 5.69 Å². The van der Waals surface area contributed by atoms with Gasteiger partial charge in [0.25, 0.3) is 5.56 Å². The van der Waals surface area contributed by atoms with Gasteiger partial charge in [0.05, 0.1) is 33.7 Å². The summed E-state index contributed by atoms with van der Waals surface area (Å²) in [5.41, 5.74) is 7.12. The lowest BCUT2D eigenvalue weighted by atomic mass is 10.1. The number of imidazole rings is 1. The molecule has 4 aromatic rings. The van der Waals surface area contributed by atoms with Crippen molar-refractivity contribution in [2.24, 2.45) is 4.99 Å². The first-order valence-corrected chi connectivity index (χ1v) is 10.8. The molecule has 164 valence electrons. The Balaban J connectivity index is 1.57. The van der Waals surface area contributed by atoms with E-state index >= 15 is 0 Å². The second-order valence-electron chi connectivity index (χ2n) is 8.48. The maximum Gasteiger partial charge on any atom is 0.323 e. The van der Waals surface area contributed by atoms with Gasteiger partial charge in [-0.15, -0.1) is 0 Å². The van der Waals surface area contributed by atoms with Gasteiger partial charge in [-0.2, -0.15) is 0 Å². The van der Waals surface area contributed by atoms with E-state index in [1.165, 1.54) is 5.56 Å². The Morgan fingerprint density at radius 1 is 0.938 bits per heavy atom. The maximum absolute atomic E-state index is 13.1. The number of fused-ring (bicyclic) bond motifs is 1. The number of H-pyrrole nitrogens is 3. The predicted octanol–water partition coefficient (Wildman–Crippen LogP) is 3.61. The molecule has 0 radical (unpaired) electrons. The highest BCUT2D eigenvalue weighted by molar-refractivity contribution is 5.91. The second-order valence-corrected chi connectivity index (χ2v) is 8.48. The van der Waals surface area contributed by atoms with Crippen LogP contribution in [0.25, 0.3) is 16.7 Å². The molecular weight excluding hydrogens is 404 g/mol. The Kier molecular flexibility index (Phi) is 4.84. The minimum atomic E-state index is -0.244. The summed E-state index contributed by atoms with van der Waals surface area (Å²) >= 11 is 0. The number of hydrogen-bond donors (Lipinski definition) is 3. The van der Waals surface area contributed by atoms with Crippen molar-refractivity contribution < 1.29 is 0 Å². The molecule has 0 spiro atoms. The number of aryl methyl sites for hydroxylation is 3. The number of rotatable bonds is 4. The Labute approximate surface area is 184 Å². The number of aromatic amines is 3. The van der Waals surface area contributed by atoms with Crippen LogP contribution in [-0.4, -0.2) is 39.1 Å². The quantitative estimate of drug-likeness (QED) is 0.431. The number of hydrogen-bond acceptors (Lipinski definition) is 4. The van der Waals surface area contributed by atoms with E-state index in [0.717, 1.165) is 59.8 Å². The molecule has 5 rings (SSSR count). The van der Waals surface area contributed by atoms with Crippen LogP contribution in [0.2, 0.25) is 0 Å². The summed E-state index contributed by atoms with van der Waals surface area (Å²) in [6.07, 6.45) is 3.88. The largest absolute Gasteiger partial charge is 0.370 e. The molecule has 2 aromatic heterocycles. The van der Waals surface area contributed by atoms with Crippen LogP contribution in [0, 0.1) is 20.8 Å². The summed E-state index contributed by atoms with van der Waals surface area (Å²) in [5, 5.41) is 3.16. The van der Waals surface area contributed by atoms with Crippen molar-refractivity contribution in [1.82, 2.24) is 19.7 Å². The van der Waals surface area contributed by atoms with Gasteiger partial charge in [0.15, 0.2) is 0 Å². The van der Waals surface area contributed by atoms with E-state index in [4.69, 9.17) is 4.99 Å². The van der Waals surface area contributed by atoms with Gasteiger partial charge in [0, 0.05) is 25.0 Å². The monoisotopic (exact) mass is 430 g/mol. The fourth-order valence-corrected chi connectivity index (χ4v) is 4.27. The normalized spacial score (nSPS) is 14.3. The molecule has 0 bridgehead atoms. The zero-order valence-corrected chi connectivity index (χ0v) is 18.5. The first kappa shape index (κ1) is 20.1. The van der Waals surface area contributed by atoms with Crippen LogP contribution in [0.5, 0.6) is 0 Å². The van der Waals surface area contributed by atoms with E-state index in [1.807, 2.05) is 51.1 Å². The summed E-state index contributed by atoms with van der Waals surface area (Å²) in [6, 6.07) is 9.76. The zero-order chi connectivity index (χ0) is 22.4. The molecule has 0 unspecified atom stereocenters. The van der Waals surface area contributed by atoms with Gasteiger partial charge >= 0.3 is 5.69 Å². The van der Waals surface area contributed by atoms with E-state index in [1.54, 1.807) is 10.9 Å². The molecule has 3 N–H and O–H groups in total. The van der Waals surface area contributed by atoms with Gasteiger partial charge in [-0.1, -0.05) is 6.07 Å². The second kappa shape index (κ2) is 7.71. The smallest absolute Gasteiger partial charge is 0.323 e. The summed E-state index contributed by atoms with van der Waals surface area (Å²) in [5.74, 6) is 0. The molecule has 2 aromatic carbocycles. The fourth-order valence-electron chi connectivity index (χ4n) is 4.27. The molecule has 0 saturated carbocycles. The third kappa shape index (κ3) is 3.47. The Hall–Kier alpha value is -3.81. The van der Waals surface area contributed by atoms with Crippen LogP contribution >= 0.6 is 0 Å². The molecule has 8 nitrogen and oxygen atoms in total. The molecule has 1 aliphatic heterocycles. The van der Waals surface area contributed by atoms with Crippen LogP contribution in [0.4, 0.5) is 11.4 Å². The van der Waals surface area contributed by atoms with Crippen molar-refractivity contribution in [3.05, 3.63) is 73.6 Å². The summed E-state index contributed by atoms with van der Waals surface area (Å²) in [7, 11) is 0. The molecule has 8 heteroatoms. The topological polar surface area (TPSA) is 102 Å². The first-order valence-electron chi connectivity index (χ1n) is 10.8. The van der Waals surface area contributed by atoms with E-state index in [-0.39, 0.29) is 11.2 Å². The van der Waals surface area contributed by atoms with Gasteiger partial charge in [0.2, 0.25) is 0 Å². The van der Waals surface area contributed by atoms with Gasteiger partial charge < -0.3 is 14.9 Å².